The molecule has 0 saturated heterocycles. The van der Waals surface area contributed by atoms with Crippen LogP contribution in [0, 0.1) is 6.92 Å². The van der Waals surface area contributed by atoms with Crippen molar-refractivity contribution in [2.24, 2.45) is 5.11 Å². The Morgan fingerprint density at radius 3 is 2.78 bits per heavy atom. The van der Waals surface area contributed by atoms with Gasteiger partial charge in [-0.05, 0) is 37.6 Å². The van der Waals surface area contributed by atoms with Gasteiger partial charge in [0, 0.05) is 15.5 Å². The minimum absolute atomic E-state index is 0.0937. The summed E-state index contributed by atoms with van der Waals surface area (Å²) in [4.78, 5) is 19.6. The normalized spacial score (nSPS) is 11.0. The third kappa shape index (κ3) is 4.32. The average molecular weight is 349 g/mol. The lowest BCUT2D eigenvalue weighted by molar-refractivity contribution is -0.138. The summed E-state index contributed by atoms with van der Waals surface area (Å²) < 4.78 is 4.87. The van der Waals surface area contributed by atoms with Crippen LogP contribution in [0.15, 0.2) is 35.1 Å². The number of esters is 1. The standard InChI is InChI=1S/C15H13ClN4O2S/c1-3-22-15(21)12(19-20-17)8-13-9(2)18-14(23-13)10-4-6-11(16)7-5-10/h4-8H,3H2,1-2H3/b12-8-. The van der Waals surface area contributed by atoms with Crippen LogP contribution in [-0.4, -0.2) is 17.6 Å². The number of benzene rings is 1. The lowest BCUT2D eigenvalue weighted by Crippen LogP contribution is -2.05. The Balaban J connectivity index is 2.39. The molecule has 1 aromatic heterocycles. The monoisotopic (exact) mass is 348 g/mol. The molecule has 0 amide bonds. The van der Waals surface area contributed by atoms with Gasteiger partial charge in [0.05, 0.1) is 17.2 Å². The van der Waals surface area contributed by atoms with Crippen molar-refractivity contribution in [3.05, 3.63) is 56.0 Å². The van der Waals surface area contributed by atoms with Gasteiger partial charge in [0.2, 0.25) is 0 Å². The van der Waals surface area contributed by atoms with Crippen LogP contribution in [0.2, 0.25) is 5.02 Å². The molecule has 0 radical (unpaired) electrons. The van der Waals surface area contributed by atoms with Crippen LogP contribution < -0.4 is 0 Å². The Labute approximate surface area is 142 Å². The van der Waals surface area contributed by atoms with Crippen LogP contribution in [0.25, 0.3) is 27.1 Å². The van der Waals surface area contributed by atoms with Crippen molar-refractivity contribution in [2.75, 3.05) is 6.61 Å². The summed E-state index contributed by atoms with van der Waals surface area (Å²) in [5.41, 5.74) is 10.2. The van der Waals surface area contributed by atoms with Crippen LogP contribution in [0.3, 0.4) is 0 Å². The van der Waals surface area contributed by atoms with Gasteiger partial charge in [0.25, 0.3) is 0 Å². The van der Waals surface area contributed by atoms with Crippen molar-refractivity contribution in [1.82, 2.24) is 4.98 Å². The lowest BCUT2D eigenvalue weighted by atomic mass is 10.2. The molecule has 8 heteroatoms. The molecule has 0 atom stereocenters. The Bertz CT molecular complexity index is 792. The second-order valence-electron chi connectivity index (χ2n) is 4.42. The molecule has 0 saturated carbocycles. The zero-order valence-corrected chi connectivity index (χ0v) is 14.1. The highest BCUT2D eigenvalue weighted by Gasteiger charge is 2.13. The molecule has 0 aliphatic rings. The molecule has 118 valence electrons. The van der Waals surface area contributed by atoms with Crippen molar-refractivity contribution in [2.45, 2.75) is 13.8 Å². The SMILES string of the molecule is CCOC(=O)/C(=C/c1sc(-c2ccc(Cl)cc2)nc1C)N=[N+]=[N-]. The van der Waals surface area contributed by atoms with Crippen LogP contribution in [0.1, 0.15) is 17.5 Å². The first-order valence-corrected chi connectivity index (χ1v) is 7.92. The molecule has 1 heterocycles. The quantitative estimate of drug-likeness (QED) is 0.251. The third-order valence-electron chi connectivity index (χ3n) is 2.83. The first kappa shape index (κ1) is 17.0. The van der Waals surface area contributed by atoms with Crippen molar-refractivity contribution >= 4 is 35.0 Å². The van der Waals surface area contributed by atoms with E-state index in [1.165, 1.54) is 17.4 Å². The summed E-state index contributed by atoms with van der Waals surface area (Å²) in [6, 6.07) is 7.31. The number of hydrogen-bond acceptors (Lipinski definition) is 5. The highest BCUT2D eigenvalue weighted by Crippen LogP contribution is 2.30. The number of rotatable bonds is 5. The average Bonchev–Trinajstić information content (AvgIpc) is 2.89. The van der Waals surface area contributed by atoms with Gasteiger partial charge in [-0.15, -0.1) is 11.3 Å². The number of aromatic nitrogens is 1. The first-order chi connectivity index (χ1) is 11.0. The van der Waals surface area contributed by atoms with E-state index in [0.29, 0.717) is 5.02 Å². The number of carbonyl (C=O) groups excluding carboxylic acids is 1. The first-order valence-electron chi connectivity index (χ1n) is 6.72. The Hall–Kier alpha value is -2.34. The Kier molecular flexibility index (Phi) is 5.76. The molecule has 0 N–H and O–H groups in total. The maximum Gasteiger partial charge on any atom is 0.340 e. The Morgan fingerprint density at radius 1 is 1.48 bits per heavy atom. The zero-order valence-electron chi connectivity index (χ0n) is 12.5. The van der Waals surface area contributed by atoms with Gasteiger partial charge < -0.3 is 4.74 Å². The van der Waals surface area contributed by atoms with Gasteiger partial charge in [-0.25, -0.2) is 9.78 Å². The van der Waals surface area contributed by atoms with Crippen LogP contribution >= 0.6 is 22.9 Å². The molecule has 23 heavy (non-hydrogen) atoms. The van der Waals surface area contributed by atoms with E-state index in [0.717, 1.165) is 21.1 Å². The number of carbonyl (C=O) groups is 1. The number of azide groups is 1. The molecule has 0 aliphatic carbocycles. The zero-order chi connectivity index (χ0) is 16.8. The van der Waals surface area contributed by atoms with E-state index in [2.05, 4.69) is 15.0 Å². The van der Waals surface area contributed by atoms with E-state index in [1.54, 1.807) is 19.1 Å². The summed E-state index contributed by atoms with van der Waals surface area (Å²) in [6.45, 7) is 3.71. The van der Waals surface area contributed by atoms with E-state index >= 15 is 0 Å². The third-order valence-corrected chi connectivity index (χ3v) is 4.23. The molecular weight excluding hydrogens is 336 g/mol. The molecule has 2 aromatic rings. The second-order valence-corrected chi connectivity index (χ2v) is 5.88. The minimum Gasteiger partial charge on any atom is -0.462 e. The van der Waals surface area contributed by atoms with Gasteiger partial charge in [-0.3, -0.25) is 0 Å². The summed E-state index contributed by atoms with van der Waals surface area (Å²) in [6.07, 6.45) is 1.49. The predicted molar refractivity (Wildman–Crippen MR) is 91.1 cm³/mol. The summed E-state index contributed by atoms with van der Waals surface area (Å²) in [5, 5.41) is 4.84. The number of hydrogen-bond donors (Lipinski definition) is 0. The van der Waals surface area contributed by atoms with Gasteiger partial charge >= 0.3 is 5.97 Å². The lowest BCUT2D eigenvalue weighted by Gasteiger charge is -2.00. The fraction of sp³-hybridized carbons (Fsp3) is 0.200. The van der Waals surface area contributed by atoms with Gasteiger partial charge in [0.15, 0.2) is 0 Å². The summed E-state index contributed by atoms with van der Waals surface area (Å²) in [5.74, 6) is -0.661. The van der Waals surface area contributed by atoms with Crippen molar-refractivity contribution in [3.63, 3.8) is 0 Å². The number of thiazole rings is 1. The highest BCUT2D eigenvalue weighted by molar-refractivity contribution is 7.16. The number of ether oxygens (including phenoxy) is 1. The number of nitrogens with zero attached hydrogens (tertiary/aromatic N) is 4. The largest absolute Gasteiger partial charge is 0.462 e. The summed E-state index contributed by atoms with van der Waals surface area (Å²) in [7, 11) is 0. The topological polar surface area (TPSA) is 88.0 Å². The van der Waals surface area contributed by atoms with Gasteiger partial charge in [-0.2, -0.15) is 0 Å². The smallest absolute Gasteiger partial charge is 0.340 e. The Morgan fingerprint density at radius 2 is 2.17 bits per heavy atom. The van der Waals surface area contributed by atoms with Crippen LogP contribution in [-0.2, 0) is 9.53 Å². The van der Waals surface area contributed by atoms with E-state index < -0.39 is 5.97 Å². The van der Waals surface area contributed by atoms with Crippen molar-refractivity contribution in [3.8, 4) is 10.6 Å². The molecule has 0 fully saturated rings. The van der Waals surface area contributed by atoms with Crippen molar-refractivity contribution < 1.29 is 9.53 Å². The van der Waals surface area contributed by atoms with E-state index in [9.17, 15) is 4.79 Å². The maximum absolute atomic E-state index is 11.8. The maximum atomic E-state index is 11.8. The van der Waals surface area contributed by atoms with Gasteiger partial charge in [0.1, 0.15) is 10.7 Å². The number of aryl methyl sites for hydroxylation is 1. The molecule has 0 unspecified atom stereocenters. The van der Waals surface area contributed by atoms with Crippen molar-refractivity contribution in [1.29, 1.82) is 0 Å². The van der Waals surface area contributed by atoms with E-state index in [1.807, 2.05) is 19.1 Å². The number of halogens is 1. The highest BCUT2D eigenvalue weighted by atomic mass is 35.5. The minimum atomic E-state index is -0.661. The van der Waals surface area contributed by atoms with Crippen LogP contribution in [0.5, 0.6) is 0 Å². The van der Waals surface area contributed by atoms with E-state index in [4.69, 9.17) is 21.9 Å². The van der Waals surface area contributed by atoms with Crippen LogP contribution in [0.4, 0.5) is 0 Å². The predicted octanol–water partition coefficient (Wildman–Crippen LogP) is 4.99. The molecule has 6 nitrogen and oxygen atoms in total. The molecule has 0 aliphatic heterocycles. The summed E-state index contributed by atoms with van der Waals surface area (Å²) >= 11 is 7.27. The molecule has 1 aromatic carbocycles. The molecule has 0 bridgehead atoms. The second kappa shape index (κ2) is 7.78. The van der Waals surface area contributed by atoms with Gasteiger partial charge in [-0.1, -0.05) is 28.8 Å². The molecular formula is C15H13ClN4O2S. The fourth-order valence-corrected chi connectivity index (χ4v) is 2.90. The van der Waals surface area contributed by atoms with E-state index in [-0.39, 0.29) is 12.3 Å². The molecule has 0 spiro atoms. The fourth-order valence-electron chi connectivity index (χ4n) is 1.76. The molecule has 2 rings (SSSR count).